The average molecular weight is 235 g/mol. The Labute approximate surface area is 102 Å². The first-order chi connectivity index (χ1) is 8.33. The first-order valence-corrected chi connectivity index (χ1v) is 6.90. The quantitative estimate of drug-likeness (QED) is 0.856. The van der Waals surface area contributed by atoms with E-state index in [0.717, 1.165) is 30.6 Å². The Bertz CT molecular complexity index is 370. The standard InChI is InChI=1S/C13H21N3O/c1-9-4-2-5-10(8-9)12-15-13(17-16-12)11-6-3-7-14-11/h9-11,14H,2-8H2,1H3. The van der Waals surface area contributed by atoms with Crippen molar-refractivity contribution in [3.05, 3.63) is 11.7 Å². The van der Waals surface area contributed by atoms with Crippen LogP contribution in [0.25, 0.3) is 0 Å². The predicted octanol–water partition coefficient (Wildman–Crippen LogP) is 2.79. The third kappa shape index (κ3) is 2.37. The SMILES string of the molecule is CC1CCCC(c2noc(C3CCCN3)n2)C1. The molecule has 0 spiro atoms. The molecule has 1 N–H and O–H groups in total. The minimum atomic E-state index is 0.303. The summed E-state index contributed by atoms with van der Waals surface area (Å²) in [6, 6.07) is 0.303. The Balaban J connectivity index is 1.70. The van der Waals surface area contributed by atoms with Crippen LogP contribution in [0, 0.1) is 5.92 Å². The molecule has 1 saturated carbocycles. The second-order valence-corrected chi connectivity index (χ2v) is 5.61. The largest absolute Gasteiger partial charge is 0.338 e. The van der Waals surface area contributed by atoms with Crippen LogP contribution in [0.3, 0.4) is 0 Å². The zero-order valence-corrected chi connectivity index (χ0v) is 10.5. The van der Waals surface area contributed by atoms with Crippen molar-refractivity contribution in [3.63, 3.8) is 0 Å². The molecule has 4 nitrogen and oxygen atoms in total. The number of aromatic nitrogens is 2. The first-order valence-electron chi connectivity index (χ1n) is 6.90. The lowest BCUT2D eigenvalue weighted by Gasteiger charge is -2.23. The predicted molar refractivity (Wildman–Crippen MR) is 64.6 cm³/mol. The van der Waals surface area contributed by atoms with Crippen LogP contribution in [0.1, 0.15) is 69.1 Å². The van der Waals surface area contributed by atoms with Gasteiger partial charge in [-0.3, -0.25) is 0 Å². The molecule has 0 aromatic carbocycles. The van der Waals surface area contributed by atoms with Crippen molar-refractivity contribution in [2.75, 3.05) is 6.54 Å². The van der Waals surface area contributed by atoms with E-state index in [1.54, 1.807) is 0 Å². The van der Waals surface area contributed by atoms with E-state index in [-0.39, 0.29) is 0 Å². The number of hydrogen-bond acceptors (Lipinski definition) is 4. The Morgan fingerprint density at radius 3 is 2.94 bits per heavy atom. The van der Waals surface area contributed by atoms with Gasteiger partial charge in [0.1, 0.15) is 0 Å². The molecule has 3 unspecified atom stereocenters. The highest BCUT2D eigenvalue weighted by Crippen LogP contribution is 2.35. The average Bonchev–Trinajstić information content (AvgIpc) is 3.00. The molecular weight excluding hydrogens is 214 g/mol. The molecule has 2 heterocycles. The Hall–Kier alpha value is -0.900. The van der Waals surface area contributed by atoms with Gasteiger partial charge in [0.05, 0.1) is 6.04 Å². The third-order valence-electron chi connectivity index (χ3n) is 4.12. The second-order valence-electron chi connectivity index (χ2n) is 5.61. The van der Waals surface area contributed by atoms with Crippen molar-refractivity contribution in [1.29, 1.82) is 0 Å². The fourth-order valence-electron chi connectivity index (χ4n) is 3.12. The zero-order chi connectivity index (χ0) is 11.7. The fraction of sp³-hybridized carbons (Fsp3) is 0.846. The summed E-state index contributed by atoms with van der Waals surface area (Å²) in [5.41, 5.74) is 0. The van der Waals surface area contributed by atoms with Gasteiger partial charge in [-0.15, -0.1) is 0 Å². The summed E-state index contributed by atoms with van der Waals surface area (Å²) in [5.74, 6) is 3.08. The van der Waals surface area contributed by atoms with Gasteiger partial charge in [-0.05, 0) is 38.1 Å². The molecule has 0 bridgehead atoms. The molecule has 0 radical (unpaired) electrons. The van der Waals surface area contributed by atoms with Crippen LogP contribution < -0.4 is 5.32 Å². The topological polar surface area (TPSA) is 51.0 Å². The first kappa shape index (κ1) is 11.2. The lowest BCUT2D eigenvalue weighted by Crippen LogP contribution is -2.15. The third-order valence-corrected chi connectivity index (χ3v) is 4.12. The molecule has 1 aromatic rings. The van der Waals surface area contributed by atoms with Gasteiger partial charge in [-0.25, -0.2) is 0 Å². The highest BCUT2D eigenvalue weighted by molar-refractivity contribution is 5.01. The molecule has 2 fully saturated rings. The second kappa shape index (κ2) is 4.77. The van der Waals surface area contributed by atoms with Crippen molar-refractivity contribution in [1.82, 2.24) is 15.5 Å². The van der Waals surface area contributed by atoms with Crippen LogP contribution in [-0.2, 0) is 0 Å². The van der Waals surface area contributed by atoms with E-state index in [4.69, 9.17) is 4.52 Å². The minimum Gasteiger partial charge on any atom is -0.338 e. The van der Waals surface area contributed by atoms with Crippen LogP contribution in [-0.4, -0.2) is 16.7 Å². The summed E-state index contributed by atoms with van der Waals surface area (Å²) in [7, 11) is 0. The number of nitrogens with zero attached hydrogens (tertiary/aromatic N) is 2. The van der Waals surface area contributed by atoms with Crippen LogP contribution in [0.15, 0.2) is 4.52 Å². The molecular formula is C13H21N3O. The van der Waals surface area contributed by atoms with E-state index in [0.29, 0.717) is 12.0 Å². The molecule has 1 aromatic heterocycles. The van der Waals surface area contributed by atoms with Crippen LogP contribution in [0.2, 0.25) is 0 Å². The van der Waals surface area contributed by atoms with E-state index < -0.39 is 0 Å². The van der Waals surface area contributed by atoms with E-state index in [1.807, 2.05) is 0 Å². The van der Waals surface area contributed by atoms with Crippen molar-refractivity contribution < 1.29 is 4.52 Å². The van der Waals surface area contributed by atoms with Gasteiger partial charge in [-0.2, -0.15) is 4.98 Å². The monoisotopic (exact) mass is 235 g/mol. The molecule has 4 heteroatoms. The van der Waals surface area contributed by atoms with Crippen molar-refractivity contribution in [2.45, 2.75) is 57.4 Å². The van der Waals surface area contributed by atoms with E-state index in [2.05, 4.69) is 22.4 Å². The van der Waals surface area contributed by atoms with Gasteiger partial charge in [0, 0.05) is 5.92 Å². The molecule has 94 valence electrons. The van der Waals surface area contributed by atoms with E-state index >= 15 is 0 Å². The molecule has 3 atom stereocenters. The van der Waals surface area contributed by atoms with Crippen molar-refractivity contribution in [2.24, 2.45) is 5.92 Å². The number of hydrogen-bond donors (Lipinski definition) is 1. The summed E-state index contributed by atoms with van der Waals surface area (Å²) in [6.07, 6.45) is 7.44. The van der Waals surface area contributed by atoms with E-state index in [1.165, 1.54) is 32.1 Å². The van der Waals surface area contributed by atoms with Crippen LogP contribution >= 0.6 is 0 Å². The molecule has 3 rings (SSSR count). The van der Waals surface area contributed by atoms with Gasteiger partial charge < -0.3 is 9.84 Å². The van der Waals surface area contributed by atoms with E-state index in [9.17, 15) is 0 Å². The van der Waals surface area contributed by atoms with Crippen LogP contribution in [0.4, 0.5) is 0 Å². The minimum absolute atomic E-state index is 0.303. The summed E-state index contributed by atoms with van der Waals surface area (Å²) in [5, 5.41) is 7.59. The Morgan fingerprint density at radius 1 is 1.24 bits per heavy atom. The fourth-order valence-corrected chi connectivity index (χ4v) is 3.12. The Morgan fingerprint density at radius 2 is 2.18 bits per heavy atom. The maximum atomic E-state index is 5.41. The lowest BCUT2D eigenvalue weighted by atomic mass is 9.82. The van der Waals surface area contributed by atoms with Crippen molar-refractivity contribution >= 4 is 0 Å². The summed E-state index contributed by atoms with van der Waals surface area (Å²) in [4.78, 5) is 4.61. The molecule has 1 aliphatic heterocycles. The number of rotatable bonds is 2. The Kier molecular flexibility index (Phi) is 3.14. The lowest BCUT2D eigenvalue weighted by molar-refractivity contribution is 0.313. The molecule has 1 aliphatic carbocycles. The summed E-state index contributed by atoms with van der Waals surface area (Å²) in [6.45, 7) is 3.40. The number of nitrogens with one attached hydrogen (secondary N) is 1. The zero-order valence-electron chi connectivity index (χ0n) is 10.5. The summed E-state index contributed by atoms with van der Waals surface area (Å²) >= 11 is 0. The smallest absolute Gasteiger partial charge is 0.243 e. The maximum absolute atomic E-state index is 5.41. The maximum Gasteiger partial charge on any atom is 0.243 e. The normalized spacial score (nSPS) is 34.1. The summed E-state index contributed by atoms with van der Waals surface area (Å²) < 4.78 is 5.41. The van der Waals surface area contributed by atoms with Gasteiger partial charge in [0.2, 0.25) is 5.89 Å². The van der Waals surface area contributed by atoms with Gasteiger partial charge in [0.25, 0.3) is 0 Å². The van der Waals surface area contributed by atoms with Gasteiger partial charge in [0.15, 0.2) is 5.82 Å². The highest BCUT2D eigenvalue weighted by Gasteiger charge is 2.27. The molecule has 17 heavy (non-hydrogen) atoms. The van der Waals surface area contributed by atoms with Gasteiger partial charge >= 0.3 is 0 Å². The van der Waals surface area contributed by atoms with Crippen LogP contribution in [0.5, 0.6) is 0 Å². The molecule has 0 amide bonds. The highest BCUT2D eigenvalue weighted by atomic mass is 16.5. The van der Waals surface area contributed by atoms with Gasteiger partial charge in [-0.1, -0.05) is 24.9 Å². The molecule has 2 aliphatic rings. The van der Waals surface area contributed by atoms with Crippen molar-refractivity contribution in [3.8, 4) is 0 Å². The molecule has 1 saturated heterocycles.